The predicted octanol–water partition coefficient (Wildman–Crippen LogP) is 1.87. The van der Waals surface area contributed by atoms with E-state index in [1.165, 1.54) is 13.8 Å². The molecular formula is C30H38F3N5O7. The first-order valence-corrected chi connectivity index (χ1v) is 14.7. The minimum atomic E-state index is -5.25. The molecule has 1 aromatic carbocycles. The average Bonchev–Trinajstić information content (AvgIpc) is 3.29. The van der Waals surface area contributed by atoms with Gasteiger partial charge < -0.3 is 35.1 Å². The van der Waals surface area contributed by atoms with Gasteiger partial charge in [-0.15, -0.1) is 0 Å². The van der Waals surface area contributed by atoms with E-state index in [0.717, 1.165) is 54.4 Å². The third-order valence-electron chi connectivity index (χ3n) is 7.61. The Labute approximate surface area is 258 Å². The first kappa shape index (κ1) is 33.9. The van der Waals surface area contributed by atoms with Crippen LogP contribution in [0.2, 0.25) is 0 Å². The zero-order valence-corrected chi connectivity index (χ0v) is 25.4. The lowest BCUT2D eigenvalue weighted by Crippen LogP contribution is -2.43. The molecule has 4 rings (SSSR count). The normalized spacial score (nSPS) is 14.8. The number of benzene rings is 1. The summed E-state index contributed by atoms with van der Waals surface area (Å²) in [4.78, 5) is 29.6. The van der Waals surface area contributed by atoms with Gasteiger partial charge in [0.1, 0.15) is 5.75 Å². The van der Waals surface area contributed by atoms with Gasteiger partial charge in [0.2, 0.25) is 0 Å². The summed E-state index contributed by atoms with van der Waals surface area (Å²) >= 11 is 0. The lowest BCUT2D eigenvalue weighted by atomic mass is 10.0. The summed E-state index contributed by atoms with van der Waals surface area (Å²) in [6.07, 6.45) is -4.28. The molecule has 2 aromatic heterocycles. The van der Waals surface area contributed by atoms with Gasteiger partial charge in [-0.1, -0.05) is 5.75 Å². The molecule has 12 nitrogen and oxygen atoms in total. The molecule has 0 bridgehead atoms. The number of alkyl halides is 3. The van der Waals surface area contributed by atoms with Crippen molar-refractivity contribution in [3.05, 3.63) is 41.5 Å². The number of aliphatic hydroxyl groups is 1. The van der Waals surface area contributed by atoms with Gasteiger partial charge >= 0.3 is 12.1 Å². The third kappa shape index (κ3) is 8.21. The van der Waals surface area contributed by atoms with E-state index in [-0.39, 0.29) is 24.5 Å². The molecule has 1 aliphatic heterocycles. The summed E-state index contributed by atoms with van der Waals surface area (Å²) in [6.45, 7) is 7.09. The summed E-state index contributed by atoms with van der Waals surface area (Å²) in [5.41, 5.74) is 7.73. The fourth-order valence-electron chi connectivity index (χ4n) is 5.41. The van der Waals surface area contributed by atoms with Crippen LogP contribution in [0.4, 0.5) is 13.2 Å². The Bertz CT molecular complexity index is 1520. The van der Waals surface area contributed by atoms with E-state index in [9.17, 15) is 33.0 Å². The van der Waals surface area contributed by atoms with Gasteiger partial charge in [0, 0.05) is 31.7 Å². The molecule has 1 saturated heterocycles. The van der Waals surface area contributed by atoms with Crippen LogP contribution in [-0.2, 0) is 40.5 Å². The number of hydrogen-bond acceptors (Lipinski definition) is 9. The number of hydrogen-bond donors (Lipinski definition) is 2. The molecule has 3 heterocycles. The minimum Gasteiger partial charge on any atom is -0.871 e. The Hall–Kier alpha value is -3.95. The van der Waals surface area contributed by atoms with Crippen molar-refractivity contribution in [1.29, 1.82) is 0 Å². The van der Waals surface area contributed by atoms with Crippen LogP contribution < -0.4 is 24.9 Å². The van der Waals surface area contributed by atoms with E-state index in [2.05, 4.69) is 18.9 Å². The molecule has 0 unspecified atom stereocenters. The standard InChI is InChI=1S/C30H38F3N5O7/c1-4-37-24-11-21(5-6-23(24)38(27(37)13-34)15-20-7-9-43-10-8-20)44-17-28(41)36(14-18(2)39)16-22-25(40)12-26(19(3)35-22)45-29(42)30(31,32)33/h5-6,11-12,18,20,39H,4,7-10,13-17,34H2,1-3H3/t18-/m0/s1. The maximum Gasteiger partial charge on any atom is 0.491 e. The zero-order valence-electron chi connectivity index (χ0n) is 25.4. The van der Waals surface area contributed by atoms with E-state index in [1.807, 2.05) is 19.1 Å². The van der Waals surface area contributed by atoms with E-state index in [4.69, 9.17) is 15.2 Å². The highest BCUT2D eigenvalue weighted by Crippen LogP contribution is 2.28. The van der Waals surface area contributed by atoms with Crippen LogP contribution in [0, 0.1) is 12.8 Å². The first-order chi connectivity index (χ1) is 21.3. The molecule has 3 N–H and O–H groups in total. The molecule has 0 radical (unpaired) electrons. The topological polar surface area (TPSA) is 156 Å². The van der Waals surface area contributed by atoms with E-state index in [1.54, 1.807) is 6.07 Å². The van der Waals surface area contributed by atoms with Gasteiger partial charge in [0.05, 0.1) is 43.7 Å². The van der Waals surface area contributed by atoms with E-state index in [0.29, 0.717) is 30.8 Å². The Kier molecular flexibility index (Phi) is 10.9. The predicted molar refractivity (Wildman–Crippen MR) is 152 cm³/mol. The highest BCUT2D eigenvalue weighted by atomic mass is 19.4. The fraction of sp³-hybridized carbons (Fsp3) is 0.533. The molecule has 1 atom stereocenters. The molecule has 0 spiro atoms. The molecule has 246 valence electrons. The summed E-state index contributed by atoms with van der Waals surface area (Å²) in [7, 11) is 0. The smallest absolute Gasteiger partial charge is 0.491 e. The maximum atomic E-state index is 13.2. The van der Waals surface area contributed by atoms with E-state index >= 15 is 0 Å². The SMILES string of the molecule is CCn1c(CN)[n+](CC2CCOCC2)c2ccc(OCC(=O)N(Cc3nc(C)c(OC(=O)C(F)(F)F)cc3[O-])C[C@H](C)O)cc21. The minimum absolute atomic E-state index is 0.152. The highest BCUT2D eigenvalue weighted by Gasteiger charge is 2.41. The average molecular weight is 638 g/mol. The highest BCUT2D eigenvalue weighted by molar-refractivity contribution is 5.79. The number of carbonyl (C=O) groups excluding carboxylic acids is 2. The van der Waals surface area contributed by atoms with Gasteiger partial charge in [0.25, 0.3) is 11.7 Å². The number of imidazole rings is 1. The van der Waals surface area contributed by atoms with Crippen LogP contribution in [0.15, 0.2) is 24.3 Å². The number of esters is 1. The van der Waals surface area contributed by atoms with Crippen molar-refractivity contribution < 1.29 is 51.8 Å². The van der Waals surface area contributed by atoms with E-state index < -0.39 is 42.3 Å². The van der Waals surface area contributed by atoms with Crippen molar-refractivity contribution in [2.75, 3.05) is 26.4 Å². The summed E-state index contributed by atoms with van der Waals surface area (Å²) in [5.74, 6) is -2.66. The second-order valence-corrected chi connectivity index (χ2v) is 11.0. The van der Waals surface area contributed by atoms with Gasteiger partial charge in [-0.25, -0.2) is 13.9 Å². The number of rotatable bonds is 12. The van der Waals surface area contributed by atoms with Crippen LogP contribution in [0.1, 0.15) is 43.9 Å². The number of pyridine rings is 1. The molecule has 1 amide bonds. The second kappa shape index (κ2) is 14.4. The summed E-state index contributed by atoms with van der Waals surface area (Å²) < 4.78 is 57.8. The van der Waals surface area contributed by atoms with Gasteiger partial charge in [-0.3, -0.25) is 9.78 Å². The summed E-state index contributed by atoms with van der Waals surface area (Å²) in [5, 5.41) is 22.6. The Morgan fingerprint density at radius 3 is 2.62 bits per heavy atom. The van der Waals surface area contributed by atoms with Crippen molar-refractivity contribution in [2.24, 2.45) is 11.7 Å². The maximum absolute atomic E-state index is 13.2. The molecule has 1 aliphatic rings. The van der Waals surface area contributed by atoms with Gasteiger partial charge in [0.15, 0.2) is 23.4 Å². The largest absolute Gasteiger partial charge is 0.871 e. The number of fused-ring (bicyclic) bond motifs is 1. The number of aromatic nitrogens is 3. The number of amides is 1. The zero-order chi connectivity index (χ0) is 32.9. The molecule has 45 heavy (non-hydrogen) atoms. The lowest BCUT2D eigenvalue weighted by Gasteiger charge is -2.26. The number of aliphatic hydroxyl groups excluding tert-OH is 1. The Balaban J connectivity index is 1.50. The van der Waals surface area contributed by atoms with Gasteiger partial charge in [-0.05, 0) is 51.8 Å². The number of halogens is 3. The number of ether oxygens (including phenoxy) is 3. The van der Waals surface area contributed by atoms with Crippen molar-refractivity contribution in [2.45, 2.75) is 72.1 Å². The van der Waals surface area contributed by atoms with Crippen LogP contribution in [-0.4, -0.2) is 70.1 Å². The number of aryl methyl sites for hydroxylation is 2. The Morgan fingerprint density at radius 1 is 1.29 bits per heavy atom. The lowest BCUT2D eigenvalue weighted by molar-refractivity contribution is -0.687. The van der Waals surface area contributed by atoms with Gasteiger partial charge in [-0.2, -0.15) is 13.2 Å². The molecule has 3 aromatic rings. The van der Waals surface area contributed by atoms with Crippen LogP contribution in [0.25, 0.3) is 11.0 Å². The quantitative estimate of drug-likeness (QED) is 0.224. The fourth-order valence-corrected chi connectivity index (χ4v) is 5.41. The Morgan fingerprint density at radius 2 is 2.00 bits per heavy atom. The monoisotopic (exact) mass is 637 g/mol. The molecular weight excluding hydrogens is 599 g/mol. The third-order valence-corrected chi connectivity index (χ3v) is 7.61. The molecule has 1 fully saturated rings. The van der Waals surface area contributed by atoms with Crippen LogP contribution >= 0.6 is 0 Å². The van der Waals surface area contributed by atoms with Crippen molar-refractivity contribution in [3.63, 3.8) is 0 Å². The summed E-state index contributed by atoms with van der Waals surface area (Å²) in [6, 6.07) is 6.24. The second-order valence-electron chi connectivity index (χ2n) is 11.0. The molecule has 15 heteroatoms. The number of nitrogens with two attached hydrogens (primary N) is 1. The van der Waals surface area contributed by atoms with Crippen LogP contribution in [0.5, 0.6) is 17.2 Å². The first-order valence-electron chi connectivity index (χ1n) is 14.7. The molecule has 0 saturated carbocycles. The number of nitrogens with zero attached hydrogens (tertiary/aromatic N) is 4. The van der Waals surface area contributed by atoms with Crippen molar-refractivity contribution in [3.8, 4) is 17.2 Å². The molecule has 0 aliphatic carbocycles. The number of carbonyl (C=O) groups is 2. The van der Waals surface area contributed by atoms with Crippen LogP contribution in [0.3, 0.4) is 0 Å². The van der Waals surface area contributed by atoms with Crippen molar-refractivity contribution in [1.82, 2.24) is 14.5 Å². The van der Waals surface area contributed by atoms with Crippen molar-refractivity contribution >= 4 is 22.9 Å².